The summed E-state index contributed by atoms with van der Waals surface area (Å²) in [4.78, 5) is 14.3. The van der Waals surface area contributed by atoms with Crippen molar-refractivity contribution < 1.29 is 4.79 Å². The van der Waals surface area contributed by atoms with Gasteiger partial charge in [0.2, 0.25) is 0 Å². The second-order valence-electron chi connectivity index (χ2n) is 4.15. The summed E-state index contributed by atoms with van der Waals surface area (Å²) in [7, 11) is 3.48. The summed E-state index contributed by atoms with van der Waals surface area (Å²) in [5, 5.41) is 0. The molecule has 0 aliphatic rings. The quantitative estimate of drug-likeness (QED) is 0.498. The fourth-order valence-electron chi connectivity index (χ4n) is 1.40. The predicted octanol–water partition coefficient (Wildman–Crippen LogP) is 2.86. The minimum absolute atomic E-state index is 0.0122. The van der Waals surface area contributed by atoms with Crippen LogP contribution in [0.15, 0.2) is 23.1 Å². The van der Waals surface area contributed by atoms with E-state index in [0.717, 1.165) is 10.6 Å². The molecule has 1 amide bonds. The minimum atomic E-state index is -0.0122. The summed E-state index contributed by atoms with van der Waals surface area (Å²) in [6.45, 7) is 2.17. The molecular weight excluding hydrogens is 232 g/mol. The third-order valence-corrected chi connectivity index (χ3v) is 3.59. The molecule has 0 heterocycles. The van der Waals surface area contributed by atoms with Gasteiger partial charge in [0.25, 0.3) is 5.91 Å². The summed E-state index contributed by atoms with van der Waals surface area (Å²) in [5.74, 6) is 1.06. The molecule has 94 valence electrons. The number of carbonyl (C=O) groups excluding carboxylic acids is 1. The van der Waals surface area contributed by atoms with Crippen LogP contribution in [-0.4, -0.2) is 30.7 Å². The first-order chi connectivity index (χ1) is 8.06. The van der Waals surface area contributed by atoms with Gasteiger partial charge in [0.15, 0.2) is 0 Å². The van der Waals surface area contributed by atoms with Crippen LogP contribution >= 0.6 is 11.8 Å². The van der Waals surface area contributed by atoms with Crippen molar-refractivity contribution in [3.8, 4) is 0 Å². The van der Waals surface area contributed by atoms with Crippen LogP contribution in [0.25, 0.3) is 0 Å². The van der Waals surface area contributed by atoms with Crippen LogP contribution in [0.4, 0.5) is 5.69 Å². The first-order valence-corrected chi connectivity index (χ1v) is 6.78. The van der Waals surface area contributed by atoms with Crippen LogP contribution in [-0.2, 0) is 0 Å². The number of hydrogen-bond donors (Lipinski definition) is 1. The number of thioether (sulfide) groups is 1. The van der Waals surface area contributed by atoms with Crippen LogP contribution in [0.5, 0.6) is 0 Å². The van der Waals surface area contributed by atoms with Crippen molar-refractivity contribution in [2.45, 2.75) is 24.7 Å². The molecule has 0 aromatic heterocycles. The maximum absolute atomic E-state index is 11.7. The Morgan fingerprint density at radius 3 is 2.65 bits per heavy atom. The Labute approximate surface area is 107 Å². The molecular formula is C13H20N2OS. The zero-order valence-electron chi connectivity index (χ0n) is 10.7. The largest absolute Gasteiger partial charge is 0.398 e. The number of nitrogen functional groups attached to an aromatic ring is 1. The molecule has 0 saturated heterocycles. The van der Waals surface area contributed by atoms with E-state index in [-0.39, 0.29) is 5.91 Å². The normalized spacial score (nSPS) is 10.3. The predicted molar refractivity (Wildman–Crippen MR) is 74.5 cm³/mol. The summed E-state index contributed by atoms with van der Waals surface area (Å²) < 4.78 is 0. The van der Waals surface area contributed by atoms with Gasteiger partial charge in [0.1, 0.15) is 0 Å². The average Bonchev–Trinajstić information content (AvgIpc) is 2.30. The van der Waals surface area contributed by atoms with E-state index in [1.165, 1.54) is 12.8 Å². The number of rotatable bonds is 5. The number of nitrogens with zero attached hydrogens (tertiary/aromatic N) is 1. The van der Waals surface area contributed by atoms with Crippen molar-refractivity contribution in [1.82, 2.24) is 4.90 Å². The molecule has 0 saturated carbocycles. The average molecular weight is 252 g/mol. The smallest absolute Gasteiger partial charge is 0.253 e. The Morgan fingerprint density at radius 2 is 2.12 bits per heavy atom. The van der Waals surface area contributed by atoms with Gasteiger partial charge < -0.3 is 10.6 Å². The second kappa shape index (κ2) is 6.55. The van der Waals surface area contributed by atoms with E-state index in [9.17, 15) is 4.79 Å². The number of hydrogen-bond acceptors (Lipinski definition) is 3. The summed E-state index contributed by atoms with van der Waals surface area (Å²) in [6.07, 6.45) is 2.37. The van der Waals surface area contributed by atoms with E-state index >= 15 is 0 Å². The number of carbonyl (C=O) groups is 1. The first kappa shape index (κ1) is 13.9. The van der Waals surface area contributed by atoms with E-state index < -0.39 is 0 Å². The lowest BCUT2D eigenvalue weighted by Crippen LogP contribution is -2.21. The van der Waals surface area contributed by atoms with Gasteiger partial charge in [-0.05, 0) is 30.4 Å². The first-order valence-electron chi connectivity index (χ1n) is 5.80. The van der Waals surface area contributed by atoms with E-state index in [1.807, 2.05) is 12.1 Å². The van der Waals surface area contributed by atoms with Gasteiger partial charge in [-0.15, -0.1) is 11.8 Å². The molecule has 0 spiro atoms. The van der Waals surface area contributed by atoms with E-state index in [2.05, 4.69) is 6.92 Å². The van der Waals surface area contributed by atoms with Gasteiger partial charge in [-0.1, -0.05) is 13.3 Å². The lowest BCUT2D eigenvalue weighted by atomic mass is 10.2. The van der Waals surface area contributed by atoms with Crippen molar-refractivity contribution in [2.75, 3.05) is 25.6 Å². The van der Waals surface area contributed by atoms with Gasteiger partial charge in [0, 0.05) is 30.2 Å². The number of unbranched alkanes of at least 4 members (excludes halogenated alkanes) is 1. The SMILES string of the molecule is CCCCSc1ccc(C(=O)N(C)C)cc1N. The van der Waals surface area contributed by atoms with Crippen LogP contribution < -0.4 is 5.73 Å². The Morgan fingerprint density at radius 1 is 1.41 bits per heavy atom. The van der Waals surface area contributed by atoms with Crippen molar-refractivity contribution in [2.24, 2.45) is 0 Å². The Balaban J connectivity index is 2.75. The molecule has 0 radical (unpaired) electrons. The molecule has 1 rings (SSSR count). The van der Waals surface area contributed by atoms with Crippen LogP contribution in [0.3, 0.4) is 0 Å². The summed E-state index contributed by atoms with van der Waals surface area (Å²) in [5.41, 5.74) is 7.29. The van der Waals surface area contributed by atoms with E-state index in [0.29, 0.717) is 11.3 Å². The van der Waals surface area contributed by atoms with Gasteiger partial charge in [-0.2, -0.15) is 0 Å². The molecule has 0 atom stereocenters. The molecule has 0 bridgehead atoms. The molecule has 4 heteroatoms. The molecule has 1 aromatic rings. The summed E-state index contributed by atoms with van der Waals surface area (Å²) >= 11 is 1.75. The van der Waals surface area contributed by atoms with Gasteiger partial charge in [0.05, 0.1) is 0 Å². The van der Waals surface area contributed by atoms with E-state index in [4.69, 9.17) is 5.73 Å². The maximum atomic E-state index is 11.7. The highest BCUT2D eigenvalue weighted by Crippen LogP contribution is 2.27. The van der Waals surface area contributed by atoms with E-state index in [1.54, 1.807) is 36.8 Å². The van der Waals surface area contributed by atoms with Crippen LogP contribution in [0, 0.1) is 0 Å². The monoisotopic (exact) mass is 252 g/mol. The number of anilines is 1. The molecule has 2 N–H and O–H groups in total. The van der Waals surface area contributed by atoms with Crippen LogP contribution in [0.1, 0.15) is 30.1 Å². The molecule has 0 unspecified atom stereocenters. The zero-order valence-corrected chi connectivity index (χ0v) is 11.5. The van der Waals surface area contributed by atoms with Crippen molar-refractivity contribution in [1.29, 1.82) is 0 Å². The van der Waals surface area contributed by atoms with Crippen molar-refractivity contribution in [3.05, 3.63) is 23.8 Å². The lowest BCUT2D eigenvalue weighted by molar-refractivity contribution is 0.0827. The lowest BCUT2D eigenvalue weighted by Gasteiger charge is -2.12. The fourth-order valence-corrected chi connectivity index (χ4v) is 2.44. The third-order valence-electron chi connectivity index (χ3n) is 2.42. The summed E-state index contributed by atoms with van der Waals surface area (Å²) in [6, 6.07) is 5.54. The second-order valence-corrected chi connectivity index (χ2v) is 5.29. The molecule has 0 fully saturated rings. The molecule has 1 aromatic carbocycles. The molecule has 0 aliphatic carbocycles. The number of nitrogens with two attached hydrogens (primary N) is 1. The van der Waals surface area contributed by atoms with Gasteiger partial charge in [-0.3, -0.25) is 4.79 Å². The molecule has 17 heavy (non-hydrogen) atoms. The Kier molecular flexibility index (Phi) is 5.35. The zero-order chi connectivity index (χ0) is 12.8. The molecule has 0 aliphatic heterocycles. The standard InChI is InChI=1S/C13H20N2OS/c1-4-5-8-17-12-7-6-10(9-11(12)14)13(16)15(2)3/h6-7,9H,4-5,8,14H2,1-3H3. The van der Waals surface area contributed by atoms with Crippen molar-refractivity contribution >= 4 is 23.4 Å². The highest BCUT2D eigenvalue weighted by Gasteiger charge is 2.09. The Bertz CT molecular complexity index is 391. The van der Waals surface area contributed by atoms with Gasteiger partial charge in [-0.25, -0.2) is 0 Å². The van der Waals surface area contributed by atoms with Gasteiger partial charge >= 0.3 is 0 Å². The minimum Gasteiger partial charge on any atom is -0.398 e. The van der Waals surface area contributed by atoms with Crippen molar-refractivity contribution in [3.63, 3.8) is 0 Å². The third kappa shape index (κ3) is 3.97. The maximum Gasteiger partial charge on any atom is 0.253 e. The highest BCUT2D eigenvalue weighted by atomic mass is 32.2. The van der Waals surface area contributed by atoms with Crippen LogP contribution in [0.2, 0.25) is 0 Å². The highest BCUT2D eigenvalue weighted by molar-refractivity contribution is 7.99. The number of amides is 1. The topological polar surface area (TPSA) is 46.3 Å². The fraction of sp³-hybridized carbons (Fsp3) is 0.462. The number of benzene rings is 1. The Hall–Kier alpha value is -1.16. The molecule has 3 nitrogen and oxygen atoms in total.